The highest BCUT2D eigenvalue weighted by atomic mass is 32.2. The molecule has 0 saturated heterocycles. The van der Waals surface area contributed by atoms with E-state index in [4.69, 9.17) is 21.8 Å². The molecule has 148 valence electrons. The second kappa shape index (κ2) is 7.20. The Morgan fingerprint density at radius 1 is 1.28 bits per heavy atom. The number of carbonyl (C=O) groups excluding carboxylic acids is 1. The van der Waals surface area contributed by atoms with Gasteiger partial charge in [0.05, 0.1) is 29.1 Å². The zero-order chi connectivity index (χ0) is 20.9. The molecule has 2 unspecified atom stereocenters. The summed E-state index contributed by atoms with van der Waals surface area (Å²) in [6.45, 7) is 15.2. The zero-order valence-electron chi connectivity index (χ0n) is 16.8. The van der Waals surface area contributed by atoms with Crippen molar-refractivity contribution < 1.29 is 9.32 Å². The highest BCUT2D eigenvalue weighted by Gasteiger charge is 2.45. The Hall–Kier alpha value is -2.85. The third kappa shape index (κ3) is 3.08. The monoisotopic (exact) mass is 406 g/mol. The van der Waals surface area contributed by atoms with E-state index in [1.54, 1.807) is 30.8 Å². The first kappa shape index (κ1) is 19.5. The number of nitrogens with two attached hydrogens (primary N) is 1. The molecule has 7 heteroatoms. The van der Waals surface area contributed by atoms with Crippen molar-refractivity contribution in [1.82, 2.24) is 5.16 Å². The SMILES string of the molecule is [C-]#[N+]c1ccc(C2=N[C@@H]([C@@H](C)C(N)=O)c3onc(C)c3C3SC(C)=C(C)C23)cc1. The van der Waals surface area contributed by atoms with Gasteiger partial charge in [-0.05, 0) is 31.2 Å². The summed E-state index contributed by atoms with van der Waals surface area (Å²) in [6, 6.07) is 6.93. The van der Waals surface area contributed by atoms with Gasteiger partial charge in [-0.1, -0.05) is 41.9 Å². The Balaban J connectivity index is 1.96. The van der Waals surface area contributed by atoms with Crippen molar-refractivity contribution in [2.75, 3.05) is 0 Å². The largest absolute Gasteiger partial charge is 0.369 e. The Morgan fingerprint density at radius 2 is 1.97 bits per heavy atom. The van der Waals surface area contributed by atoms with Crippen LogP contribution in [0.4, 0.5) is 5.69 Å². The van der Waals surface area contributed by atoms with E-state index >= 15 is 0 Å². The maximum absolute atomic E-state index is 12.1. The van der Waals surface area contributed by atoms with Gasteiger partial charge in [0.2, 0.25) is 5.91 Å². The molecule has 2 N–H and O–H groups in total. The molecule has 6 nitrogen and oxygen atoms in total. The molecule has 4 atom stereocenters. The summed E-state index contributed by atoms with van der Waals surface area (Å²) in [6.07, 6.45) is 0. The van der Waals surface area contributed by atoms with Crippen LogP contribution in [0.3, 0.4) is 0 Å². The lowest BCUT2D eigenvalue weighted by atomic mass is 9.85. The average molecular weight is 407 g/mol. The second-order valence-electron chi connectivity index (χ2n) is 7.61. The summed E-state index contributed by atoms with van der Waals surface area (Å²) < 4.78 is 5.71. The number of primary amides is 1. The third-order valence-corrected chi connectivity index (χ3v) is 7.34. The smallest absolute Gasteiger partial charge is 0.222 e. The van der Waals surface area contributed by atoms with E-state index in [9.17, 15) is 4.79 Å². The molecule has 0 fully saturated rings. The van der Waals surface area contributed by atoms with E-state index in [-0.39, 0.29) is 11.2 Å². The minimum absolute atomic E-state index is 0.0423. The van der Waals surface area contributed by atoms with Crippen LogP contribution in [0.2, 0.25) is 0 Å². The lowest BCUT2D eigenvalue weighted by Gasteiger charge is -2.21. The van der Waals surface area contributed by atoms with E-state index in [0.717, 1.165) is 22.5 Å². The number of aromatic nitrogens is 1. The van der Waals surface area contributed by atoms with E-state index in [1.807, 2.05) is 19.1 Å². The van der Waals surface area contributed by atoms with Gasteiger partial charge in [-0.25, -0.2) is 4.85 Å². The molecule has 1 aromatic carbocycles. The van der Waals surface area contributed by atoms with Gasteiger partial charge in [-0.3, -0.25) is 9.79 Å². The van der Waals surface area contributed by atoms with Crippen LogP contribution < -0.4 is 5.73 Å². The lowest BCUT2D eigenvalue weighted by molar-refractivity contribution is -0.122. The third-order valence-electron chi connectivity index (χ3n) is 5.90. The van der Waals surface area contributed by atoms with E-state index in [2.05, 4.69) is 23.8 Å². The number of nitrogens with zero attached hydrogens (tertiary/aromatic N) is 3. The van der Waals surface area contributed by atoms with Gasteiger partial charge in [0.1, 0.15) is 6.04 Å². The van der Waals surface area contributed by atoms with Crippen LogP contribution in [-0.2, 0) is 4.79 Å². The summed E-state index contributed by atoms with van der Waals surface area (Å²) in [7, 11) is 0. The van der Waals surface area contributed by atoms with Crippen molar-refractivity contribution in [2.24, 2.45) is 22.6 Å². The molecule has 1 amide bonds. The predicted octanol–water partition coefficient (Wildman–Crippen LogP) is 4.90. The van der Waals surface area contributed by atoms with Gasteiger partial charge in [-0.2, -0.15) is 0 Å². The number of aryl methyl sites for hydroxylation is 1. The van der Waals surface area contributed by atoms with Crippen molar-refractivity contribution in [3.05, 3.63) is 68.7 Å². The highest BCUT2D eigenvalue weighted by molar-refractivity contribution is 8.03. The molecule has 0 bridgehead atoms. The first-order valence-corrected chi connectivity index (χ1v) is 10.4. The fourth-order valence-corrected chi connectivity index (χ4v) is 5.64. The zero-order valence-corrected chi connectivity index (χ0v) is 17.6. The normalized spacial score (nSPS) is 24.2. The van der Waals surface area contributed by atoms with Crippen LogP contribution in [-0.4, -0.2) is 16.8 Å². The molecule has 4 rings (SSSR count). The van der Waals surface area contributed by atoms with E-state index < -0.39 is 17.9 Å². The maximum atomic E-state index is 12.1. The topological polar surface area (TPSA) is 85.8 Å². The molecule has 0 spiro atoms. The van der Waals surface area contributed by atoms with Gasteiger partial charge < -0.3 is 10.3 Å². The van der Waals surface area contributed by atoms with E-state index in [0.29, 0.717) is 11.4 Å². The highest BCUT2D eigenvalue weighted by Crippen LogP contribution is 2.56. The molecule has 0 saturated carbocycles. The molecule has 2 aliphatic rings. The van der Waals surface area contributed by atoms with Crippen molar-refractivity contribution in [3.8, 4) is 0 Å². The van der Waals surface area contributed by atoms with Crippen molar-refractivity contribution in [3.63, 3.8) is 0 Å². The number of amides is 1. The number of hydrogen-bond acceptors (Lipinski definition) is 5. The van der Waals surface area contributed by atoms with Gasteiger partial charge in [-0.15, -0.1) is 11.8 Å². The molecule has 0 radical (unpaired) electrons. The fourth-order valence-electron chi connectivity index (χ4n) is 4.07. The average Bonchev–Trinajstić information content (AvgIpc) is 3.17. The maximum Gasteiger partial charge on any atom is 0.222 e. The first-order chi connectivity index (χ1) is 13.8. The molecule has 2 aromatic rings. The molecule has 3 heterocycles. The quantitative estimate of drug-likeness (QED) is 0.735. The van der Waals surface area contributed by atoms with Gasteiger partial charge in [0.15, 0.2) is 11.4 Å². The van der Waals surface area contributed by atoms with Crippen LogP contribution in [0.5, 0.6) is 0 Å². The number of thioether (sulfide) groups is 1. The minimum atomic E-state index is -0.534. The first-order valence-electron chi connectivity index (χ1n) is 9.48. The standard InChI is InChI=1S/C22H22N4O2S/c1-10-13(4)29-21-16(10)19(14-6-8-15(24-5)9-7-14)25-18(11(2)22(23)27)20-17(21)12(3)26-28-20/h6-9,11,16,18,21H,1-4H3,(H2,23,27)/t11-,16?,18+,21?/m1/s1. The number of rotatable bonds is 3. The molecule has 29 heavy (non-hydrogen) atoms. The van der Waals surface area contributed by atoms with Crippen LogP contribution in [0.1, 0.15) is 54.6 Å². The summed E-state index contributed by atoms with van der Waals surface area (Å²) in [5, 5.41) is 4.29. The fraction of sp³-hybridized carbons (Fsp3) is 0.364. The molecule has 1 aromatic heterocycles. The molecule has 0 aliphatic carbocycles. The number of fused-ring (bicyclic) bond motifs is 3. The van der Waals surface area contributed by atoms with Crippen LogP contribution in [0, 0.1) is 25.3 Å². The second-order valence-corrected chi connectivity index (χ2v) is 8.97. The number of aliphatic imine (C=N–C) groups is 1. The van der Waals surface area contributed by atoms with Crippen molar-refractivity contribution in [2.45, 2.75) is 39.0 Å². The molecular weight excluding hydrogens is 384 g/mol. The van der Waals surface area contributed by atoms with Crippen LogP contribution >= 0.6 is 11.8 Å². The number of benzene rings is 1. The summed E-state index contributed by atoms with van der Waals surface area (Å²) >= 11 is 1.79. The van der Waals surface area contributed by atoms with Crippen LogP contribution in [0.15, 0.2) is 44.3 Å². The Bertz CT molecular complexity index is 1090. The minimum Gasteiger partial charge on any atom is -0.369 e. The van der Waals surface area contributed by atoms with E-state index in [1.165, 1.54) is 10.5 Å². The van der Waals surface area contributed by atoms with Gasteiger partial charge in [0, 0.05) is 11.5 Å². The molecular formula is C22H22N4O2S. The number of hydrogen-bond donors (Lipinski definition) is 1. The Morgan fingerprint density at radius 3 is 2.59 bits per heavy atom. The summed E-state index contributed by atoms with van der Waals surface area (Å²) in [5.74, 6) is -0.287. The molecule has 2 aliphatic heterocycles. The lowest BCUT2D eigenvalue weighted by Crippen LogP contribution is -2.26. The van der Waals surface area contributed by atoms with Gasteiger partial charge in [0.25, 0.3) is 0 Å². The Kier molecular flexibility index (Phi) is 4.83. The van der Waals surface area contributed by atoms with Crippen molar-refractivity contribution >= 4 is 29.1 Å². The van der Waals surface area contributed by atoms with Gasteiger partial charge >= 0.3 is 0 Å². The summed E-state index contributed by atoms with van der Waals surface area (Å²) in [4.78, 5) is 21.9. The predicted molar refractivity (Wildman–Crippen MR) is 114 cm³/mol. The van der Waals surface area contributed by atoms with Crippen LogP contribution in [0.25, 0.3) is 4.85 Å². The number of carbonyl (C=O) groups is 1. The van der Waals surface area contributed by atoms with Crippen molar-refractivity contribution in [1.29, 1.82) is 0 Å². The Labute approximate surface area is 174 Å². The number of allylic oxidation sites excluding steroid dienone is 2. The summed E-state index contributed by atoms with van der Waals surface area (Å²) in [5.41, 5.74) is 11.2.